The molecule has 5 heteroatoms. The molecule has 0 aliphatic heterocycles. The van der Waals surface area contributed by atoms with Crippen molar-refractivity contribution in [1.29, 1.82) is 0 Å². The van der Waals surface area contributed by atoms with E-state index >= 15 is 0 Å². The largest absolute Gasteiger partial charge is 0.479 e. The Labute approximate surface area is 117 Å². The molecule has 0 saturated carbocycles. The van der Waals surface area contributed by atoms with Gasteiger partial charge < -0.3 is 9.84 Å². The van der Waals surface area contributed by atoms with Crippen molar-refractivity contribution in [2.24, 2.45) is 0 Å². The molecule has 0 radical (unpaired) electrons. The molecule has 0 spiro atoms. The van der Waals surface area contributed by atoms with Gasteiger partial charge in [0.15, 0.2) is 6.10 Å². The van der Waals surface area contributed by atoms with Crippen LogP contribution in [0.15, 0.2) is 18.2 Å². The Morgan fingerprint density at radius 2 is 2.17 bits per heavy atom. The number of halogens is 2. The summed E-state index contributed by atoms with van der Waals surface area (Å²) in [4.78, 5) is 11.1. The van der Waals surface area contributed by atoms with Gasteiger partial charge >= 0.3 is 5.97 Å². The van der Waals surface area contributed by atoms with Crippen molar-refractivity contribution < 1.29 is 14.6 Å². The van der Waals surface area contributed by atoms with E-state index in [2.05, 4.69) is 0 Å². The number of hydrogen-bond acceptors (Lipinski definition) is 2. The van der Waals surface area contributed by atoms with E-state index in [1.165, 1.54) is 0 Å². The summed E-state index contributed by atoms with van der Waals surface area (Å²) >= 11 is 11.9. The monoisotopic (exact) mass is 290 g/mol. The molecule has 0 aromatic heterocycles. The molecular formula is C13H16Cl2O3. The van der Waals surface area contributed by atoms with E-state index in [1.807, 2.05) is 6.92 Å². The van der Waals surface area contributed by atoms with Crippen molar-refractivity contribution >= 4 is 29.2 Å². The number of ether oxygens (including phenoxy) is 1. The van der Waals surface area contributed by atoms with Crippen molar-refractivity contribution in [3.05, 3.63) is 33.8 Å². The van der Waals surface area contributed by atoms with Gasteiger partial charge in [-0.05, 0) is 18.1 Å². The smallest absolute Gasteiger partial charge is 0.333 e. The zero-order valence-electron chi connectivity index (χ0n) is 10.2. The predicted molar refractivity (Wildman–Crippen MR) is 72.4 cm³/mol. The number of carboxylic acids is 1. The fourth-order valence-corrected chi connectivity index (χ4v) is 1.89. The zero-order chi connectivity index (χ0) is 13.5. The van der Waals surface area contributed by atoms with E-state index in [1.54, 1.807) is 18.2 Å². The summed E-state index contributed by atoms with van der Waals surface area (Å²) in [6.45, 7) is 2.46. The maximum absolute atomic E-state index is 11.1. The molecule has 0 fully saturated rings. The molecule has 1 aromatic carbocycles. The minimum atomic E-state index is -0.984. The molecule has 1 rings (SSSR count). The molecule has 0 amide bonds. The Morgan fingerprint density at radius 3 is 2.78 bits per heavy atom. The van der Waals surface area contributed by atoms with Gasteiger partial charge in [-0.25, -0.2) is 4.79 Å². The lowest BCUT2D eigenvalue weighted by molar-refractivity contribution is -0.150. The molecule has 1 N–H and O–H groups in total. The topological polar surface area (TPSA) is 46.5 Å². The first kappa shape index (κ1) is 15.3. The first-order valence-electron chi connectivity index (χ1n) is 5.83. The molecule has 0 aliphatic rings. The van der Waals surface area contributed by atoms with Crippen molar-refractivity contribution in [3.63, 3.8) is 0 Å². The molecule has 0 unspecified atom stereocenters. The maximum atomic E-state index is 11.1. The van der Waals surface area contributed by atoms with E-state index in [0.29, 0.717) is 22.2 Å². The molecule has 0 bridgehead atoms. The molecule has 100 valence electrons. The van der Waals surface area contributed by atoms with E-state index in [-0.39, 0.29) is 6.42 Å². The average molecular weight is 291 g/mol. The van der Waals surface area contributed by atoms with E-state index in [4.69, 9.17) is 33.0 Å². The van der Waals surface area contributed by atoms with Gasteiger partial charge in [0.1, 0.15) is 0 Å². The molecule has 1 atom stereocenters. The number of hydrogen-bond donors (Lipinski definition) is 1. The van der Waals surface area contributed by atoms with Gasteiger partial charge in [-0.15, -0.1) is 0 Å². The van der Waals surface area contributed by atoms with Crippen LogP contribution >= 0.6 is 23.2 Å². The second-order valence-electron chi connectivity index (χ2n) is 3.97. The summed E-state index contributed by atoms with van der Waals surface area (Å²) in [5.41, 5.74) is 0.688. The van der Waals surface area contributed by atoms with Gasteiger partial charge in [-0.2, -0.15) is 0 Å². The summed E-state index contributed by atoms with van der Waals surface area (Å²) < 4.78 is 5.34. The number of unbranched alkanes of at least 4 members (excludes halogenated alkanes) is 1. The van der Waals surface area contributed by atoms with Gasteiger partial charge in [0.25, 0.3) is 0 Å². The molecule has 0 heterocycles. The quantitative estimate of drug-likeness (QED) is 0.777. The van der Waals surface area contributed by atoms with Crippen LogP contribution in [0.1, 0.15) is 25.3 Å². The minimum Gasteiger partial charge on any atom is -0.479 e. The molecule has 3 nitrogen and oxygen atoms in total. The summed E-state index contributed by atoms with van der Waals surface area (Å²) in [5.74, 6) is -0.984. The van der Waals surface area contributed by atoms with Crippen molar-refractivity contribution in [3.8, 4) is 0 Å². The van der Waals surface area contributed by atoms with Crippen molar-refractivity contribution in [2.45, 2.75) is 32.3 Å². The van der Waals surface area contributed by atoms with Gasteiger partial charge in [0, 0.05) is 13.0 Å². The highest BCUT2D eigenvalue weighted by molar-refractivity contribution is 6.42. The Balaban J connectivity index is 2.71. The third kappa shape index (κ3) is 4.48. The lowest BCUT2D eigenvalue weighted by atomic mass is 10.1. The first-order chi connectivity index (χ1) is 8.56. The van der Waals surface area contributed by atoms with Crippen LogP contribution in [0.4, 0.5) is 0 Å². The molecule has 0 saturated heterocycles. The highest BCUT2D eigenvalue weighted by Gasteiger charge is 2.20. The van der Waals surface area contributed by atoms with Gasteiger partial charge in [0.05, 0.1) is 10.0 Å². The minimum absolute atomic E-state index is 0.221. The van der Waals surface area contributed by atoms with Crippen molar-refractivity contribution in [2.75, 3.05) is 6.61 Å². The lowest BCUT2D eigenvalue weighted by Crippen LogP contribution is -2.27. The van der Waals surface area contributed by atoms with E-state index in [0.717, 1.165) is 12.8 Å². The fourth-order valence-electron chi connectivity index (χ4n) is 1.49. The number of rotatable bonds is 7. The summed E-state index contributed by atoms with van der Waals surface area (Å²) in [5, 5.41) is 9.91. The van der Waals surface area contributed by atoms with Crippen LogP contribution in [0, 0.1) is 0 Å². The molecule has 18 heavy (non-hydrogen) atoms. The molecule has 1 aromatic rings. The van der Waals surface area contributed by atoms with Gasteiger partial charge in [0.2, 0.25) is 0 Å². The normalized spacial score (nSPS) is 12.4. The van der Waals surface area contributed by atoms with Crippen LogP contribution in [0.5, 0.6) is 0 Å². The fraction of sp³-hybridized carbons (Fsp3) is 0.462. The Kier molecular flexibility index (Phi) is 6.47. The predicted octanol–water partition coefficient (Wildman–Crippen LogP) is 3.81. The third-order valence-corrected chi connectivity index (χ3v) is 3.39. The number of carbonyl (C=O) groups is 1. The Morgan fingerprint density at radius 1 is 1.44 bits per heavy atom. The maximum Gasteiger partial charge on any atom is 0.333 e. The lowest BCUT2D eigenvalue weighted by Gasteiger charge is -2.14. The number of carboxylic acid groups (broad SMARTS) is 1. The summed E-state index contributed by atoms with van der Waals surface area (Å²) in [7, 11) is 0. The number of aliphatic carboxylic acids is 1. The van der Waals surface area contributed by atoms with Crippen LogP contribution in [0.25, 0.3) is 0 Å². The van der Waals surface area contributed by atoms with Crippen LogP contribution in [0.2, 0.25) is 10.0 Å². The molecule has 0 aliphatic carbocycles. The Hall–Kier alpha value is -0.770. The Bertz CT molecular complexity index is 407. The third-order valence-electron chi connectivity index (χ3n) is 2.53. The van der Waals surface area contributed by atoms with E-state index in [9.17, 15) is 4.79 Å². The van der Waals surface area contributed by atoms with Crippen LogP contribution in [-0.4, -0.2) is 23.8 Å². The summed E-state index contributed by atoms with van der Waals surface area (Å²) in [6.07, 6.45) is 1.14. The first-order valence-corrected chi connectivity index (χ1v) is 6.59. The van der Waals surface area contributed by atoms with Crippen LogP contribution < -0.4 is 0 Å². The molecular weight excluding hydrogens is 275 g/mol. The van der Waals surface area contributed by atoms with Gasteiger partial charge in [-0.1, -0.05) is 48.7 Å². The van der Waals surface area contributed by atoms with E-state index < -0.39 is 12.1 Å². The van der Waals surface area contributed by atoms with Crippen LogP contribution in [0.3, 0.4) is 0 Å². The average Bonchev–Trinajstić information content (AvgIpc) is 2.33. The highest BCUT2D eigenvalue weighted by atomic mass is 35.5. The van der Waals surface area contributed by atoms with Crippen LogP contribution in [-0.2, 0) is 16.0 Å². The highest BCUT2D eigenvalue weighted by Crippen LogP contribution is 2.26. The zero-order valence-corrected chi connectivity index (χ0v) is 11.7. The van der Waals surface area contributed by atoms with Gasteiger partial charge in [-0.3, -0.25) is 0 Å². The SMILES string of the molecule is CCCCO[C@@H](Cc1cccc(Cl)c1Cl)C(=O)O. The second-order valence-corrected chi connectivity index (χ2v) is 4.75. The number of benzene rings is 1. The summed E-state index contributed by atoms with van der Waals surface area (Å²) in [6, 6.07) is 5.17. The second kappa shape index (κ2) is 7.62. The standard InChI is InChI=1S/C13H16Cl2O3/c1-2-3-7-18-11(13(16)17)8-9-5-4-6-10(14)12(9)15/h4-6,11H,2-3,7-8H2,1H3,(H,16,17)/t11-/m0/s1. The van der Waals surface area contributed by atoms with Crippen molar-refractivity contribution in [1.82, 2.24) is 0 Å².